The molecule has 6 rings (SSSR count). The largest absolute Gasteiger partial charge is 0.414 e. The molecule has 506 valence electrons. The van der Waals surface area contributed by atoms with Crippen LogP contribution in [0.4, 0.5) is 0 Å². The van der Waals surface area contributed by atoms with Crippen molar-refractivity contribution in [2.45, 2.75) is 348 Å². The first-order valence-electron chi connectivity index (χ1n) is 35.3. The van der Waals surface area contributed by atoms with Gasteiger partial charge in [0.25, 0.3) is 0 Å². The Hall–Kier alpha value is -0.789. The Labute approximate surface area is 538 Å². The van der Waals surface area contributed by atoms with Crippen molar-refractivity contribution in [1.29, 1.82) is 0 Å². The molecule has 0 amide bonds. The normalized spacial score (nSPS) is 32.4. The quantitative estimate of drug-likeness (QED) is 0.0467. The summed E-state index contributed by atoms with van der Waals surface area (Å²) in [6, 6.07) is 0. The molecule has 0 saturated heterocycles. The summed E-state index contributed by atoms with van der Waals surface area (Å²) in [6.07, 6.45) is 29.1. The topological polar surface area (TPSA) is 147 Å². The number of hydrogen-bond acceptors (Lipinski definition) is 10. The van der Waals surface area contributed by atoms with Crippen molar-refractivity contribution in [1.82, 2.24) is 0 Å². The van der Waals surface area contributed by atoms with E-state index in [0.29, 0.717) is 60.6 Å². The van der Waals surface area contributed by atoms with Crippen LogP contribution in [0.1, 0.15) is 246 Å². The van der Waals surface area contributed by atoms with Crippen molar-refractivity contribution >= 4 is 25.0 Å². The molecule has 0 bridgehead atoms. The molecule has 6 aliphatic carbocycles. The summed E-state index contributed by atoms with van der Waals surface area (Å²) < 4.78 is 33.8. The van der Waals surface area contributed by atoms with Crippen molar-refractivity contribution in [2.75, 3.05) is 26.4 Å². The Morgan fingerprint density at radius 2 is 0.897 bits per heavy atom. The van der Waals surface area contributed by atoms with Gasteiger partial charge in [-0.1, -0.05) is 162 Å². The number of aliphatic hydroxyl groups is 5. The highest BCUT2D eigenvalue weighted by molar-refractivity contribution is 6.75. The predicted molar refractivity (Wildman–Crippen MR) is 372 cm³/mol. The summed E-state index contributed by atoms with van der Waals surface area (Å²) >= 11 is 0. The first kappa shape index (κ1) is 76.9. The molecule has 12 atom stereocenters. The van der Waals surface area contributed by atoms with E-state index in [1.165, 1.54) is 76.2 Å². The SMILES string of the molecule is C[C@@H](CCCC(C)(C)O)C1CCC2/C(=C/C=C3C[C@@H](O)C(OCCO)[C@H](O)C3)CCCC21C.C[C@@H](CCCC(C)(C)O)C1CCC2/C(=C/C=C3C[C@@H](O[Si](C)(C)C(C)(C)C)C(OCCO[Si](C)(C)C(C)(C)C)[C@H](O[Si](C)(C)C(C)(C)C)C3)CCCC21C. The first-order valence-corrected chi connectivity index (χ1v) is 44.0. The zero-order valence-electron chi connectivity index (χ0n) is 60.5. The van der Waals surface area contributed by atoms with Crippen molar-refractivity contribution in [3.63, 3.8) is 0 Å². The molecule has 13 heteroatoms. The summed E-state index contributed by atoms with van der Waals surface area (Å²) in [4.78, 5) is 0. The molecule has 87 heavy (non-hydrogen) atoms. The monoisotopic (exact) mass is 1270 g/mol. The lowest BCUT2D eigenvalue weighted by Gasteiger charge is -2.48. The Kier molecular flexibility index (Phi) is 27.2. The maximum atomic E-state index is 10.4. The second-order valence-corrected chi connectivity index (χ2v) is 49.8. The van der Waals surface area contributed by atoms with Crippen LogP contribution in [0.5, 0.6) is 0 Å². The maximum Gasteiger partial charge on any atom is 0.192 e. The molecular weight excluding hydrogens is 1130 g/mol. The fourth-order valence-corrected chi connectivity index (χ4v) is 19.8. The highest BCUT2D eigenvalue weighted by Gasteiger charge is 2.53. The van der Waals surface area contributed by atoms with E-state index in [1.54, 1.807) is 11.1 Å². The van der Waals surface area contributed by atoms with Gasteiger partial charge >= 0.3 is 0 Å². The van der Waals surface area contributed by atoms with E-state index in [2.05, 4.69) is 154 Å². The summed E-state index contributed by atoms with van der Waals surface area (Å²) in [7, 11) is -6.12. The third-order valence-corrected chi connectivity index (χ3v) is 37.9. The Bertz CT molecular complexity index is 2220. The maximum absolute atomic E-state index is 10.4. The van der Waals surface area contributed by atoms with E-state index >= 15 is 0 Å². The molecule has 6 aliphatic rings. The van der Waals surface area contributed by atoms with Gasteiger partial charge in [0.2, 0.25) is 0 Å². The molecule has 0 aromatic rings. The van der Waals surface area contributed by atoms with Crippen molar-refractivity contribution in [2.24, 2.45) is 46.3 Å². The van der Waals surface area contributed by atoms with Gasteiger partial charge in [-0.25, -0.2) is 0 Å². The van der Waals surface area contributed by atoms with Gasteiger partial charge in [0.1, 0.15) is 12.2 Å². The van der Waals surface area contributed by atoms with Gasteiger partial charge < -0.3 is 48.3 Å². The van der Waals surface area contributed by atoms with Gasteiger partial charge in [0, 0.05) is 0 Å². The number of hydrogen-bond donors (Lipinski definition) is 5. The molecule has 6 unspecified atom stereocenters. The van der Waals surface area contributed by atoms with E-state index < -0.39 is 54.5 Å². The van der Waals surface area contributed by atoms with Crippen LogP contribution >= 0.6 is 0 Å². The van der Waals surface area contributed by atoms with Crippen LogP contribution in [-0.4, -0.2) is 125 Å². The summed E-state index contributed by atoms with van der Waals surface area (Å²) in [5.74, 6) is 4.18. The molecule has 0 aromatic heterocycles. The third kappa shape index (κ3) is 20.9. The number of aliphatic hydroxyl groups excluding tert-OH is 3. The Morgan fingerprint density at radius 1 is 0.517 bits per heavy atom. The van der Waals surface area contributed by atoms with Gasteiger partial charge in [0.05, 0.1) is 62.0 Å². The van der Waals surface area contributed by atoms with E-state index in [-0.39, 0.29) is 46.6 Å². The van der Waals surface area contributed by atoms with Gasteiger partial charge in [-0.15, -0.1) is 0 Å². The third-order valence-electron chi connectivity index (χ3n) is 24.3. The highest BCUT2D eigenvalue weighted by Crippen LogP contribution is 2.61. The molecule has 0 aromatic carbocycles. The average Bonchev–Trinajstić information content (AvgIpc) is 1.72. The second-order valence-electron chi connectivity index (χ2n) is 35.5. The van der Waals surface area contributed by atoms with Crippen molar-refractivity contribution in [3.05, 3.63) is 46.6 Å². The molecule has 10 nitrogen and oxygen atoms in total. The lowest BCUT2D eigenvalue weighted by atomic mass is 9.60. The van der Waals surface area contributed by atoms with Crippen molar-refractivity contribution < 1.29 is 48.3 Å². The average molecular weight is 1270 g/mol. The zero-order valence-corrected chi connectivity index (χ0v) is 63.5. The predicted octanol–water partition coefficient (Wildman–Crippen LogP) is 18.1. The van der Waals surface area contributed by atoms with Crippen LogP contribution in [0.25, 0.3) is 0 Å². The van der Waals surface area contributed by atoms with Crippen LogP contribution in [0.3, 0.4) is 0 Å². The van der Waals surface area contributed by atoms with Gasteiger partial charge in [0.15, 0.2) is 25.0 Å². The Balaban J connectivity index is 0.000000356. The summed E-state index contributed by atoms with van der Waals surface area (Å²) in [6.45, 7) is 54.2. The molecule has 0 radical (unpaired) electrons. The second kappa shape index (κ2) is 30.7. The molecule has 0 spiro atoms. The number of allylic oxidation sites excluding steroid dienone is 6. The number of fused-ring (bicyclic) bond motifs is 2. The lowest BCUT2D eigenvalue weighted by molar-refractivity contribution is -0.115. The van der Waals surface area contributed by atoms with Crippen molar-refractivity contribution in [3.8, 4) is 0 Å². The molecule has 6 fully saturated rings. The standard InChI is InChI=1S/C46H90O5Si3.C28H48O5/c1-34(22-20-28-45(11,12)47)37-26-27-38-36(23-21-29-46(37,38)13)25-24-35-32-39(50-53(16,17)43(5,6)7)41(40(33-35)51-54(18,19)44(8,9)10)48-30-31-49-52(14,15)42(2,3)4;1-19(7-5-13-27(2,3)32)22-11-12-23-21(8-6-14-28(22,23)4)10-9-20-17-24(30)26(25(31)18-20)33-16-15-29/h24-25,34,37-41,47H,20-23,26-33H2,1-19H3;9-10,19,22-26,29-32H,5-8,11-18H2,1-4H3/b35-24?,36-25+;20-9?,21-10+/t34-,37?,38?,39+,40+,41?,46?;19-,22?,23?,24+,25+,26?,28?/m00/s1. The van der Waals surface area contributed by atoms with Crippen LogP contribution in [0.15, 0.2) is 46.6 Å². The zero-order chi connectivity index (χ0) is 65.6. The minimum atomic E-state index is -2.12. The minimum Gasteiger partial charge on any atom is -0.414 e. The van der Waals surface area contributed by atoms with E-state index in [1.807, 2.05) is 27.7 Å². The van der Waals surface area contributed by atoms with Crippen LogP contribution in [0.2, 0.25) is 54.4 Å². The first-order chi connectivity index (χ1) is 39.9. The molecule has 5 N–H and O–H groups in total. The van der Waals surface area contributed by atoms with E-state index in [9.17, 15) is 20.4 Å². The van der Waals surface area contributed by atoms with Crippen LogP contribution in [0, 0.1) is 46.3 Å². The molecule has 0 heterocycles. The minimum absolute atomic E-state index is 0.0517. The van der Waals surface area contributed by atoms with E-state index in [4.69, 9.17) is 27.9 Å². The lowest BCUT2D eigenvalue weighted by Crippen LogP contribution is -2.56. The molecular formula is C74H138O10Si3. The molecule has 0 aliphatic heterocycles. The van der Waals surface area contributed by atoms with Crippen LogP contribution in [-0.2, 0) is 22.8 Å². The van der Waals surface area contributed by atoms with Gasteiger partial charge in [-0.05, 0) is 231 Å². The summed E-state index contributed by atoms with van der Waals surface area (Å²) in [5.41, 5.74) is 5.34. The Morgan fingerprint density at radius 3 is 1.26 bits per heavy atom. The fraction of sp³-hybridized carbons (Fsp3) is 0.892. The molecule has 6 saturated carbocycles. The van der Waals surface area contributed by atoms with E-state index in [0.717, 1.165) is 62.4 Å². The fourth-order valence-electron chi connectivity index (χ4n) is 16.1. The number of rotatable bonds is 24. The smallest absolute Gasteiger partial charge is 0.192 e. The van der Waals surface area contributed by atoms with Gasteiger partial charge in [-0.2, -0.15) is 0 Å². The summed E-state index contributed by atoms with van der Waals surface area (Å²) in [5, 5.41) is 50.6. The van der Waals surface area contributed by atoms with Crippen LogP contribution < -0.4 is 0 Å². The van der Waals surface area contributed by atoms with Gasteiger partial charge in [-0.3, -0.25) is 0 Å². The highest BCUT2D eigenvalue weighted by atomic mass is 28.4. The number of ether oxygens (including phenoxy) is 2.